The highest BCUT2D eigenvalue weighted by molar-refractivity contribution is 6.21. The molecule has 0 saturated carbocycles. The molecule has 0 aromatic heterocycles. The first kappa shape index (κ1) is 7.50. The molecule has 0 radical (unpaired) electrons. The van der Waals surface area contributed by atoms with E-state index in [1.54, 1.807) is 6.92 Å². The molecule has 0 saturated heterocycles. The number of alkyl halides is 1. The molecule has 0 amide bonds. The molecule has 0 aliphatic heterocycles. The zero-order valence-electron chi connectivity index (χ0n) is 4.48. The van der Waals surface area contributed by atoms with E-state index in [4.69, 9.17) is 11.6 Å². The first-order valence-electron chi connectivity index (χ1n) is 2.15. The van der Waals surface area contributed by atoms with Gasteiger partial charge in [-0.3, -0.25) is 0 Å². The summed E-state index contributed by atoms with van der Waals surface area (Å²) in [6.07, 6.45) is 1.42. The van der Waals surface area contributed by atoms with Gasteiger partial charge in [-0.25, -0.2) is 0 Å². The molecule has 8 heavy (non-hydrogen) atoms. The number of aliphatic carboxylic acids is 1. The van der Waals surface area contributed by atoms with Crippen molar-refractivity contribution in [2.24, 2.45) is 0 Å². The van der Waals surface area contributed by atoms with Crippen LogP contribution in [-0.2, 0) is 4.79 Å². The summed E-state index contributed by atoms with van der Waals surface area (Å²) >= 11 is 5.17. The number of carbonyl (C=O) groups is 1. The number of hydrogen-bond acceptors (Lipinski definition) is 2. The minimum absolute atomic E-state index is 0.0127. The van der Waals surface area contributed by atoms with Gasteiger partial charge in [0, 0.05) is 5.88 Å². The number of carboxylic acid groups (broad SMARTS) is 1. The maximum Gasteiger partial charge on any atom is 0.0683 e. The fraction of sp³-hybridized carbons (Fsp3) is 0.400. The van der Waals surface area contributed by atoms with Crippen molar-refractivity contribution < 1.29 is 9.90 Å². The van der Waals surface area contributed by atoms with E-state index in [-0.39, 0.29) is 11.5 Å². The Morgan fingerprint density at radius 3 is 2.38 bits per heavy atom. The lowest BCUT2D eigenvalue weighted by Gasteiger charge is -2.00. The molecule has 0 atom stereocenters. The lowest BCUT2D eigenvalue weighted by atomic mass is 10.3. The molecule has 0 aliphatic rings. The van der Waals surface area contributed by atoms with E-state index in [1.165, 1.54) is 6.08 Å². The number of carboxylic acids is 1. The third-order valence-electron chi connectivity index (χ3n) is 0.755. The molecule has 0 aliphatic carbocycles. The van der Waals surface area contributed by atoms with E-state index in [2.05, 4.69) is 0 Å². The van der Waals surface area contributed by atoms with Gasteiger partial charge in [-0.05, 0) is 12.5 Å². The van der Waals surface area contributed by atoms with E-state index in [0.29, 0.717) is 0 Å². The van der Waals surface area contributed by atoms with E-state index >= 15 is 0 Å². The third-order valence-corrected chi connectivity index (χ3v) is 1.04. The summed E-state index contributed by atoms with van der Waals surface area (Å²) in [5.41, 5.74) is 0.131. The van der Waals surface area contributed by atoms with Crippen molar-refractivity contribution in [3.8, 4) is 0 Å². The Morgan fingerprint density at radius 1 is 1.88 bits per heavy atom. The molecule has 3 heteroatoms. The van der Waals surface area contributed by atoms with E-state index < -0.39 is 5.97 Å². The summed E-state index contributed by atoms with van der Waals surface area (Å²) in [6.45, 7) is 1.60. The van der Waals surface area contributed by atoms with Crippen LogP contribution < -0.4 is 5.11 Å². The zero-order valence-corrected chi connectivity index (χ0v) is 5.23. The fourth-order valence-corrected chi connectivity index (χ4v) is 0.513. The largest absolute Gasteiger partial charge is 0.545 e. The van der Waals surface area contributed by atoms with E-state index in [0.717, 1.165) is 0 Å². The minimum atomic E-state index is -1.19. The monoisotopic (exact) mass is 133 g/mol. The van der Waals surface area contributed by atoms with Crippen molar-refractivity contribution in [3.05, 3.63) is 11.6 Å². The number of carbonyl (C=O) groups excluding carboxylic acids is 1. The summed E-state index contributed by atoms with van der Waals surface area (Å²) in [6, 6.07) is 0. The highest BCUT2D eigenvalue weighted by Gasteiger charge is 1.90. The Kier molecular flexibility index (Phi) is 3.28. The van der Waals surface area contributed by atoms with Crippen molar-refractivity contribution in [2.75, 3.05) is 5.88 Å². The Bertz CT molecular complexity index is 118. The van der Waals surface area contributed by atoms with E-state index in [9.17, 15) is 9.90 Å². The van der Waals surface area contributed by atoms with Gasteiger partial charge in [-0.1, -0.05) is 6.08 Å². The van der Waals surface area contributed by atoms with Crippen LogP contribution >= 0.6 is 11.6 Å². The molecular formula is C5H6ClO2-. The maximum atomic E-state index is 9.90. The molecule has 0 aromatic rings. The van der Waals surface area contributed by atoms with Crippen LogP contribution in [0.15, 0.2) is 11.6 Å². The van der Waals surface area contributed by atoms with Gasteiger partial charge < -0.3 is 9.90 Å². The predicted octanol–water partition coefficient (Wildman–Crippen LogP) is -0.0786. The van der Waals surface area contributed by atoms with Crippen molar-refractivity contribution in [3.63, 3.8) is 0 Å². The van der Waals surface area contributed by atoms with Crippen LogP contribution in [0.2, 0.25) is 0 Å². The first-order chi connectivity index (χ1) is 3.72. The Hall–Kier alpha value is -0.500. The molecule has 0 N–H and O–H groups in total. The van der Waals surface area contributed by atoms with Gasteiger partial charge >= 0.3 is 0 Å². The zero-order chi connectivity index (χ0) is 6.57. The molecule has 0 heterocycles. The second kappa shape index (κ2) is 3.50. The van der Waals surface area contributed by atoms with Crippen LogP contribution in [0.5, 0.6) is 0 Å². The van der Waals surface area contributed by atoms with Crippen molar-refractivity contribution in [1.29, 1.82) is 0 Å². The highest BCUT2D eigenvalue weighted by atomic mass is 35.5. The third kappa shape index (κ3) is 1.98. The van der Waals surface area contributed by atoms with Gasteiger partial charge in [0.15, 0.2) is 0 Å². The fourth-order valence-electron chi connectivity index (χ4n) is 0.250. The van der Waals surface area contributed by atoms with Crippen molar-refractivity contribution in [1.82, 2.24) is 0 Å². The normalized spacial score (nSPS) is 11.5. The molecule has 0 rings (SSSR count). The molecular weight excluding hydrogens is 128 g/mol. The van der Waals surface area contributed by atoms with Crippen LogP contribution in [0.3, 0.4) is 0 Å². The quantitative estimate of drug-likeness (QED) is 0.391. The molecule has 0 bridgehead atoms. The van der Waals surface area contributed by atoms with Gasteiger partial charge in [0.25, 0.3) is 0 Å². The molecule has 46 valence electrons. The SMILES string of the molecule is C/C=C(\CCl)C(=O)[O-]. The summed E-state index contributed by atoms with van der Waals surface area (Å²) < 4.78 is 0. The van der Waals surface area contributed by atoms with Gasteiger partial charge in [-0.2, -0.15) is 0 Å². The van der Waals surface area contributed by atoms with Gasteiger partial charge in [0.05, 0.1) is 5.97 Å². The van der Waals surface area contributed by atoms with Crippen LogP contribution in [0.1, 0.15) is 6.92 Å². The Labute approximate surface area is 52.8 Å². The second-order valence-electron chi connectivity index (χ2n) is 1.24. The number of halogens is 1. The summed E-state index contributed by atoms with van der Waals surface area (Å²) in [5, 5.41) is 9.90. The van der Waals surface area contributed by atoms with Crippen LogP contribution in [0.4, 0.5) is 0 Å². The smallest absolute Gasteiger partial charge is 0.0683 e. The summed E-state index contributed by atoms with van der Waals surface area (Å²) in [7, 11) is 0. The summed E-state index contributed by atoms with van der Waals surface area (Å²) in [5.74, 6) is -1.18. The minimum Gasteiger partial charge on any atom is -0.545 e. The summed E-state index contributed by atoms with van der Waals surface area (Å²) in [4.78, 5) is 9.90. The van der Waals surface area contributed by atoms with Crippen LogP contribution in [-0.4, -0.2) is 11.8 Å². The molecule has 0 unspecified atom stereocenters. The Morgan fingerprint density at radius 2 is 2.38 bits per heavy atom. The highest BCUT2D eigenvalue weighted by Crippen LogP contribution is 1.93. The van der Waals surface area contributed by atoms with E-state index in [1.807, 2.05) is 0 Å². The topological polar surface area (TPSA) is 40.1 Å². The van der Waals surface area contributed by atoms with Crippen LogP contribution in [0, 0.1) is 0 Å². The van der Waals surface area contributed by atoms with Crippen molar-refractivity contribution >= 4 is 17.6 Å². The molecule has 0 fully saturated rings. The molecule has 0 aromatic carbocycles. The number of hydrogen-bond donors (Lipinski definition) is 0. The van der Waals surface area contributed by atoms with Crippen LogP contribution in [0.25, 0.3) is 0 Å². The molecule has 0 spiro atoms. The predicted molar refractivity (Wildman–Crippen MR) is 29.5 cm³/mol. The standard InChI is InChI=1S/C5H7ClO2/c1-2-4(3-6)5(7)8/h2H,3H2,1H3,(H,7,8)/p-1/b4-2+. The first-order valence-corrected chi connectivity index (χ1v) is 2.68. The van der Waals surface area contributed by atoms with Gasteiger partial charge in [0.1, 0.15) is 0 Å². The average Bonchev–Trinajstić information content (AvgIpc) is 1.69. The lowest BCUT2D eigenvalue weighted by molar-refractivity contribution is -0.299. The number of allylic oxidation sites excluding steroid dienone is 1. The second-order valence-corrected chi connectivity index (χ2v) is 1.50. The Balaban J connectivity index is 3.92. The van der Waals surface area contributed by atoms with Gasteiger partial charge in [-0.15, -0.1) is 11.6 Å². The number of rotatable bonds is 2. The molecule has 2 nitrogen and oxygen atoms in total. The average molecular weight is 134 g/mol. The van der Waals surface area contributed by atoms with Crippen molar-refractivity contribution in [2.45, 2.75) is 6.92 Å². The van der Waals surface area contributed by atoms with Gasteiger partial charge in [0.2, 0.25) is 0 Å². The lowest BCUT2D eigenvalue weighted by Crippen LogP contribution is -2.24. The maximum absolute atomic E-state index is 9.90.